The molecule has 0 aliphatic carbocycles. The Hall–Kier alpha value is -3.78. The number of rotatable bonds is 3. The average Bonchev–Trinajstić information content (AvgIpc) is 3.40. The molecule has 2 aliphatic rings. The van der Waals surface area contributed by atoms with Crippen molar-refractivity contribution in [3.05, 3.63) is 77.7 Å². The molecule has 2 aromatic carbocycles. The van der Waals surface area contributed by atoms with E-state index in [1.54, 1.807) is 18.3 Å². The molecule has 2 aromatic heterocycles. The van der Waals surface area contributed by atoms with Crippen LogP contribution in [0.4, 0.5) is 15.9 Å². The molecule has 0 spiro atoms. The molecule has 2 aliphatic heterocycles. The summed E-state index contributed by atoms with van der Waals surface area (Å²) in [6.07, 6.45) is 2.19. The number of carbonyl (C=O) groups is 1. The number of nitrogens with one attached hydrogen (secondary N) is 1. The summed E-state index contributed by atoms with van der Waals surface area (Å²) in [6.45, 7) is 1.69. The van der Waals surface area contributed by atoms with Gasteiger partial charge in [-0.15, -0.1) is 5.10 Å². The van der Waals surface area contributed by atoms with Crippen molar-refractivity contribution in [1.29, 1.82) is 0 Å². The van der Waals surface area contributed by atoms with E-state index in [2.05, 4.69) is 15.2 Å². The predicted octanol–water partition coefficient (Wildman–Crippen LogP) is 3.61. The fourth-order valence-electron chi connectivity index (χ4n) is 4.46. The number of benzene rings is 2. The molecule has 1 fully saturated rings. The van der Waals surface area contributed by atoms with Gasteiger partial charge in [-0.25, -0.2) is 13.9 Å². The number of amides is 1. The highest BCUT2D eigenvalue weighted by atomic mass is 19.1. The van der Waals surface area contributed by atoms with Gasteiger partial charge >= 0.3 is 0 Å². The Bertz CT molecular complexity index is 1350. The number of anilines is 2. The van der Waals surface area contributed by atoms with E-state index in [1.165, 1.54) is 6.07 Å². The van der Waals surface area contributed by atoms with Crippen LogP contribution in [0.15, 0.2) is 60.8 Å². The number of carbonyl (C=O) groups excluding carboxylic acids is 1. The molecular formula is C24H20FN5O2. The number of aromatic nitrogens is 3. The van der Waals surface area contributed by atoms with Crippen LogP contribution in [0, 0.1) is 5.82 Å². The summed E-state index contributed by atoms with van der Waals surface area (Å²) in [7, 11) is 0. The van der Waals surface area contributed by atoms with Crippen LogP contribution in [-0.4, -0.2) is 40.3 Å². The zero-order chi connectivity index (χ0) is 21.7. The van der Waals surface area contributed by atoms with Crippen molar-refractivity contribution in [3.8, 4) is 11.3 Å². The largest absolute Gasteiger partial charge is 0.377 e. The first-order chi connectivity index (χ1) is 15.7. The molecule has 7 nitrogen and oxygen atoms in total. The molecule has 0 saturated carbocycles. The maximum Gasteiger partial charge on any atom is 0.228 e. The van der Waals surface area contributed by atoms with Gasteiger partial charge in [0.15, 0.2) is 5.65 Å². The van der Waals surface area contributed by atoms with Crippen LogP contribution < -0.4 is 10.2 Å². The minimum atomic E-state index is -0.267. The molecule has 0 unspecified atom stereocenters. The second-order valence-electron chi connectivity index (χ2n) is 8.04. The molecule has 160 valence electrons. The van der Waals surface area contributed by atoms with Crippen LogP contribution in [0.1, 0.15) is 17.2 Å². The Morgan fingerprint density at radius 2 is 2.06 bits per heavy atom. The Kier molecular flexibility index (Phi) is 4.39. The monoisotopic (exact) mass is 429 g/mol. The highest BCUT2D eigenvalue weighted by Crippen LogP contribution is 2.32. The van der Waals surface area contributed by atoms with E-state index < -0.39 is 0 Å². The van der Waals surface area contributed by atoms with E-state index in [9.17, 15) is 9.18 Å². The summed E-state index contributed by atoms with van der Waals surface area (Å²) < 4.78 is 21.4. The van der Waals surface area contributed by atoms with Crippen LogP contribution in [0.5, 0.6) is 0 Å². The van der Waals surface area contributed by atoms with Crippen molar-refractivity contribution in [3.63, 3.8) is 0 Å². The molecule has 1 atom stereocenters. The van der Waals surface area contributed by atoms with Crippen LogP contribution in [-0.2, 0) is 16.0 Å². The maximum atomic E-state index is 13.9. The smallest absolute Gasteiger partial charge is 0.228 e. The number of nitrogens with zero attached hydrogens (tertiary/aromatic N) is 4. The highest BCUT2D eigenvalue weighted by Gasteiger charge is 2.27. The molecule has 4 aromatic rings. The lowest BCUT2D eigenvalue weighted by Gasteiger charge is -2.36. The van der Waals surface area contributed by atoms with Gasteiger partial charge in [0.25, 0.3) is 0 Å². The SMILES string of the molecule is O=C1Cc2ccc(-c3cnc4ccc(N5CCOC[C@H]5c5cccc(F)c5)nn34)cc2N1. The first-order valence-corrected chi connectivity index (χ1v) is 10.5. The highest BCUT2D eigenvalue weighted by molar-refractivity contribution is 5.99. The van der Waals surface area contributed by atoms with Crippen molar-refractivity contribution >= 4 is 23.1 Å². The van der Waals surface area contributed by atoms with Gasteiger partial charge in [-0.1, -0.05) is 24.3 Å². The number of hydrogen-bond acceptors (Lipinski definition) is 5. The van der Waals surface area contributed by atoms with Crippen molar-refractivity contribution in [2.45, 2.75) is 12.5 Å². The molecule has 4 heterocycles. The van der Waals surface area contributed by atoms with Gasteiger partial charge in [-0.05, 0) is 41.5 Å². The number of halogens is 1. The van der Waals surface area contributed by atoms with Crippen LogP contribution in [0.25, 0.3) is 16.9 Å². The summed E-state index contributed by atoms with van der Waals surface area (Å²) in [5, 5.41) is 7.78. The summed E-state index contributed by atoms with van der Waals surface area (Å²) >= 11 is 0. The topological polar surface area (TPSA) is 71.8 Å². The Labute approximate surface area is 183 Å². The number of morpholine rings is 1. The molecule has 1 saturated heterocycles. The Morgan fingerprint density at radius 3 is 2.97 bits per heavy atom. The van der Waals surface area contributed by atoms with Gasteiger partial charge in [-0.2, -0.15) is 0 Å². The lowest BCUT2D eigenvalue weighted by Crippen LogP contribution is -2.40. The van der Waals surface area contributed by atoms with E-state index in [4.69, 9.17) is 9.84 Å². The van der Waals surface area contributed by atoms with Crippen LogP contribution in [0.3, 0.4) is 0 Å². The molecule has 6 rings (SSSR count). The second kappa shape index (κ2) is 7.42. The van der Waals surface area contributed by atoms with Crippen LogP contribution in [0.2, 0.25) is 0 Å². The quantitative estimate of drug-likeness (QED) is 0.539. The molecule has 1 amide bonds. The number of fused-ring (bicyclic) bond motifs is 2. The van der Waals surface area contributed by atoms with Crippen molar-refractivity contribution in [1.82, 2.24) is 14.6 Å². The molecule has 8 heteroatoms. The predicted molar refractivity (Wildman–Crippen MR) is 118 cm³/mol. The zero-order valence-corrected chi connectivity index (χ0v) is 17.2. The van der Waals surface area contributed by atoms with Gasteiger partial charge in [0.05, 0.1) is 37.6 Å². The Balaban J connectivity index is 1.40. The molecular weight excluding hydrogens is 409 g/mol. The summed E-state index contributed by atoms with van der Waals surface area (Å²) in [5.74, 6) is 0.507. The fourth-order valence-corrected chi connectivity index (χ4v) is 4.46. The third kappa shape index (κ3) is 3.20. The number of ether oxygens (including phenoxy) is 1. The van der Waals surface area contributed by atoms with E-state index in [-0.39, 0.29) is 17.8 Å². The fraction of sp³-hybridized carbons (Fsp3) is 0.208. The Morgan fingerprint density at radius 1 is 1.12 bits per heavy atom. The van der Waals surface area contributed by atoms with Crippen molar-refractivity contribution in [2.75, 3.05) is 30.0 Å². The maximum absolute atomic E-state index is 13.9. The molecule has 32 heavy (non-hydrogen) atoms. The van der Waals surface area contributed by atoms with E-state index in [0.717, 1.165) is 39.5 Å². The van der Waals surface area contributed by atoms with E-state index >= 15 is 0 Å². The average molecular weight is 429 g/mol. The normalized spacial score (nSPS) is 18.1. The molecule has 0 radical (unpaired) electrons. The second-order valence-corrected chi connectivity index (χ2v) is 8.04. The number of imidazole rings is 1. The zero-order valence-electron chi connectivity index (χ0n) is 17.2. The minimum absolute atomic E-state index is 0.00594. The summed E-state index contributed by atoms with van der Waals surface area (Å²) in [4.78, 5) is 18.4. The van der Waals surface area contributed by atoms with E-state index in [0.29, 0.717) is 26.2 Å². The lowest BCUT2D eigenvalue weighted by molar-refractivity contribution is -0.115. The van der Waals surface area contributed by atoms with Crippen molar-refractivity contribution in [2.24, 2.45) is 0 Å². The van der Waals surface area contributed by atoms with Crippen LogP contribution >= 0.6 is 0 Å². The van der Waals surface area contributed by atoms with Gasteiger partial charge in [0.2, 0.25) is 5.91 Å². The number of hydrogen-bond donors (Lipinski definition) is 1. The summed E-state index contributed by atoms with van der Waals surface area (Å²) in [5.41, 5.74) is 5.16. The third-order valence-corrected chi connectivity index (χ3v) is 6.04. The first kappa shape index (κ1) is 18.9. The standard InChI is InChI=1S/C24H20FN5O2/c25-18-3-1-2-16(10-18)21-14-32-9-8-29(21)23-7-6-22-26-13-20(30(22)28-23)17-5-4-15-12-24(31)27-19(15)11-17/h1-7,10-11,13,21H,8-9,12,14H2,(H,27,31)/t21-/m0/s1. The van der Waals surface area contributed by atoms with Gasteiger partial charge < -0.3 is 15.0 Å². The van der Waals surface area contributed by atoms with E-state index in [1.807, 2.05) is 40.9 Å². The molecule has 0 bridgehead atoms. The minimum Gasteiger partial charge on any atom is -0.377 e. The first-order valence-electron chi connectivity index (χ1n) is 10.5. The van der Waals surface area contributed by atoms with Crippen molar-refractivity contribution < 1.29 is 13.9 Å². The van der Waals surface area contributed by atoms with Gasteiger partial charge in [0.1, 0.15) is 11.6 Å². The summed E-state index contributed by atoms with van der Waals surface area (Å²) in [6, 6.07) is 16.3. The van der Waals surface area contributed by atoms with Gasteiger partial charge in [-0.3, -0.25) is 4.79 Å². The third-order valence-electron chi connectivity index (χ3n) is 6.04. The lowest BCUT2D eigenvalue weighted by atomic mass is 10.0. The molecule has 1 N–H and O–H groups in total. The van der Waals surface area contributed by atoms with Gasteiger partial charge in [0, 0.05) is 17.8 Å².